The van der Waals surface area contributed by atoms with Crippen molar-refractivity contribution in [2.75, 3.05) is 0 Å². The van der Waals surface area contributed by atoms with Gasteiger partial charge in [0.05, 0.1) is 17.7 Å². The van der Waals surface area contributed by atoms with Crippen LogP contribution in [0.1, 0.15) is 39.6 Å². The van der Waals surface area contributed by atoms with E-state index in [0.29, 0.717) is 35.0 Å². The van der Waals surface area contributed by atoms with E-state index in [-0.39, 0.29) is 29.8 Å². The van der Waals surface area contributed by atoms with Crippen LogP contribution in [0.4, 0.5) is 0 Å². The molecule has 0 bridgehead atoms. The van der Waals surface area contributed by atoms with Gasteiger partial charge in [-0.1, -0.05) is 70.5 Å². The van der Waals surface area contributed by atoms with Crippen molar-refractivity contribution in [1.29, 1.82) is 0 Å². The molecule has 6 rings (SSSR count). The van der Waals surface area contributed by atoms with Gasteiger partial charge in [0, 0.05) is 24.1 Å². The Morgan fingerprint density at radius 1 is 0.974 bits per heavy atom. The number of aromatic carboxylic acids is 1. The zero-order valence-corrected chi connectivity index (χ0v) is 21.2. The van der Waals surface area contributed by atoms with E-state index in [1.165, 1.54) is 6.07 Å². The molecule has 10 heteroatoms. The van der Waals surface area contributed by atoms with E-state index in [4.69, 9.17) is 26.0 Å². The Hall–Kier alpha value is -4.76. The van der Waals surface area contributed by atoms with Gasteiger partial charge in [-0.3, -0.25) is 9.48 Å². The predicted octanol–water partition coefficient (Wildman–Crippen LogP) is 5.64. The van der Waals surface area contributed by atoms with Gasteiger partial charge in [0.25, 0.3) is 0 Å². The van der Waals surface area contributed by atoms with Gasteiger partial charge in [0.1, 0.15) is 23.8 Å². The largest absolute Gasteiger partial charge is 0.486 e. The highest BCUT2D eigenvalue weighted by atomic mass is 35.5. The number of hydrogen-bond donors (Lipinski definition) is 1. The van der Waals surface area contributed by atoms with Crippen LogP contribution < -0.4 is 4.74 Å². The number of carboxylic acid groups (broad SMARTS) is 1. The van der Waals surface area contributed by atoms with Crippen molar-refractivity contribution in [3.63, 3.8) is 0 Å². The Kier molecular flexibility index (Phi) is 6.42. The summed E-state index contributed by atoms with van der Waals surface area (Å²) >= 11 is 6.13. The molecule has 2 heterocycles. The SMILES string of the molecule is O=C(O)c1cc(-c2cc(Cl)ccc2OCc2cn(CCC(=O)C3c4ccccc4-c4ccccc43)nn2)on1. The molecule has 39 heavy (non-hydrogen) atoms. The molecule has 0 unspecified atom stereocenters. The number of benzene rings is 3. The van der Waals surface area contributed by atoms with Crippen LogP contribution in [0.25, 0.3) is 22.5 Å². The van der Waals surface area contributed by atoms with E-state index < -0.39 is 5.97 Å². The lowest BCUT2D eigenvalue weighted by Gasteiger charge is -2.12. The molecule has 194 valence electrons. The van der Waals surface area contributed by atoms with E-state index in [1.807, 2.05) is 36.4 Å². The second kappa shape index (κ2) is 10.2. The number of carboxylic acids is 1. The minimum atomic E-state index is -1.20. The minimum Gasteiger partial charge on any atom is -0.486 e. The minimum absolute atomic E-state index is 0.0892. The maximum Gasteiger partial charge on any atom is 0.358 e. The average Bonchev–Trinajstić information content (AvgIpc) is 3.69. The lowest BCUT2D eigenvalue weighted by atomic mass is 9.91. The number of ether oxygens (including phenoxy) is 1. The molecule has 3 aromatic carbocycles. The highest BCUT2D eigenvalue weighted by molar-refractivity contribution is 6.31. The van der Waals surface area contributed by atoms with Crippen LogP contribution in [0, 0.1) is 0 Å². The van der Waals surface area contributed by atoms with Crippen LogP contribution in [-0.4, -0.2) is 37.0 Å². The van der Waals surface area contributed by atoms with Gasteiger partial charge in [-0.15, -0.1) is 5.10 Å². The lowest BCUT2D eigenvalue weighted by Crippen LogP contribution is -2.14. The van der Waals surface area contributed by atoms with Crippen LogP contribution in [-0.2, 0) is 17.9 Å². The van der Waals surface area contributed by atoms with E-state index in [2.05, 4.69) is 27.6 Å². The molecular formula is C29H21ClN4O5. The highest BCUT2D eigenvalue weighted by Gasteiger charge is 2.32. The van der Waals surface area contributed by atoms with E-state index in [0.717, 1.165) is 22.3 Å². The van der Waals surface area contributed by atoms with Crippen molar-refractivity contribution in [3.8, 4) is 28.2 Å². The van der Waals surface area contributed by atoms with Crippen LogP contribution in [0.5, 0.6) is 5.75 Å². The number of carbonyl (C=O) groups is 2. The average molecular weight is 541 g/mol. The summed E-state index contributed by atoms with van der Waals surface area (Å²) in [5, 5.41) is 21.4. The fourth-order valence-electron chi connectivity index (χ4n) is 4.86. The number of hydrogen-bond acceptors (Lipinski definition) is 7. The number of aryl methyl sites for hydroxylation is 1. The first kappa shape index (κ1) is 24.6. The molecule has 0 saturated heterocycles. The summed E-state index contributed by atoms with van der Waals surface area (Å²) in [5.74, 6) is -0.743. The molecule has 0 atom stereocenters. The van der Waals surface area contributed by atoms with E-state index in [9.17, 15) is 9.59 Å². The second-order valence-corrected chi connectivity index (χ2v) is 9.54. The van der Waals surface area contributed by atoms with E-state index in [1.54, 1.807) is 29.1 Å². The first-order chi connectivity index (χ1) is 19.0. The summed E-state index contributed by atoms with van der Waals surface area (Å²) in [5.41, 5.74) is 5.09. The van der Waals surface area contributed by atoms with Gasteiger partial charge in [-0.05, 0) is 40.5 Å². The zero-order chi connectivity index (χ0) is 26.9. The molecular weight excluding hydrogens is 520 g/mol. The zero-order valence-electron chi connectivity index (χ0n) is 20.5. The number of carbonyl (C=O) groups excluding carboxylic acids is 1. The van der Waals surface area contributed by atoms with Crippen LogP contribution in [0.15, 0.2) is 83.5 Å². The third kappa shape index (κ3) is 4.80. The standard InChI is InChI=1S/C29H21ClN4O5/c30-17-9-10-26(23(13-17)27-14-24(29(36)37)32-39-27)38-16-18-15-34(33-31-18)12-11-25(35)28-21-7-3-1-5-19(21)20-6-2-4-8-22(20)28/h1-10,13-15,28H,11-12,16H2,(H,36,37). The van der Waals surface area contributed by atoms with Crippen molar-refractivity contribution in [1.82, 2.24) is 20.2 Å². The maximum absolute atomic E-state index is 13.4. The molecule has 0 amide bonds. The molecule has 0 radical (unpaired) electrons. The summed E-state index contributed by atoms with van der Waals surface area (Å²) in [7, 11) is 0. The molecule has 9 nitrogen and oxygen atoms in total. The second-order valence-electron chi connectivity index (χ2n) is 9.11. The van der Waals surface area contributed by atoms with Crippen LogP contribution in [0.3, 0.4) is 0 Å². The van der Waals surface area contributed by atoms with Crippen molar-refractivity contribution in [2.45, 2.75) is 25.5 Å². The third-order valence-electron chi connectivity index (χ3n) is 6.64. The smallest absolute Gasteiger partial charge is 0.358 e. The number of fused-ring (bicyclic) bond motifs is 3. The summed E-state index contributed by atoms with van der Waals surface area (Å²) in [6, 6.07) is 22.3. The first-order valence-electron chi connectivity index (χ1n) is 12.2. The summed E-state index contributed by atoms with van der Waals surface area (Å²) in [4.78, 5) is 24.5. The van der Waals surface area contributed by atoms with Crippen LogP contribution >= 0.6 is 11.6 Å². The Morgan fingerprint density at radius 2 is 1.69 bits per heavy atom. The molecule has 5 aromatic rings. The van der Waals surface area contributed by atoms with Gasteiger partial charge in [-0.25, -0.2) is 4.79 Å². The molecule has 0 spiro atoms. The van der Waals surface area contributed by atoms with Gasteiger partial charge < -0.3 is 14.4 Å². The van der Waals surface area contributed by atoms with Crippen molar-refractivity contribution in [3.05, 3.63) is 107 Å². The fraction of sp³-hybridized carbons (Fsp3) is 0.138. The molecule has 1 aliphatic rings. The quantitative estimate of drug-likeness (QED) is 0.255. The number of halogens is 1. The number of rotatable bonds is 9. The topological polar surface area (TPSA) is 120 Å². The summed E-state index contributed by atoms with van der Waals surface area (Å²) < 4.78 is 12.7. The highest BCUT2D eigenvalue weighted by Crippen LogP contribution is 2.45. The Balaban J connectivity index is 1.12. The normalized spacial score (nSPS) is 12.2. The Labute approximate surface area is 227 Å². The molecule has 0 saturated carbocycles. The third-order valence-corrected chi connectivity index (χ3v) is 6.88. The summed E-state index contributed by atoms with van der Waals surface area (Å²) in [6.07, 6.45) is 2.03. The molecule has 1 aliphatic carbocycles. The number of ketones is 1. The molecule has 0 fully saturated rings. The van der Waals surface area contributed by atoms with E-state index >= 15 is 0 Å². The molecule has 0 aliphatic heterocycles. The fourth-order valence-corrected chi connectivity index (χ4v) is 5.03. The van der Waals surface area contributed by atoms with Crippen molar-refractivity contribution in [2.24, 2.45) is 0 Å². The van der Waals surface area contributed by atoms with Crippen molar-refractivity contribution >= 4 is 23.4 Å². The number of aromatic nitrogens is 4. The maximum atomic E-state index is 13.4. The first-order valence-corrected chi connectivity index (χ1v) is 12.6. The van der Waals surface area contributed by atoms with Gasteiger partial charge in [0.2, 0.25) is 0 Å². The Morgan fingerprint density at radius 3 is 2.38 bits per heavy atom. The number of nitrogens with zero attached hydrogens (tertiary/aromatic N) is 4. The number of Topliss-reactive ketones (excluding diaryl/α,β-unsaturated/α-hetero) is 1. The molecule has 1 N–H and O–H groups in total. The van der Waals surface area contributed by atoms with Gasteiger partial charge >= 0.3 is 5.97 Å². The van der Waals surface area contributed by atoms with Gasteiger partial charge in [-0.2, -0.15) is 0 Å². The van der Waals surface area contributed by atoms with Crippen molar-refractivity contribution < 1.29 is 24.0 Å². The van der Waals surface area contributed by atoms with Crippen LogP contribution in [0.2, 0.25) is 5.02 Å². The molecule has 2 aromatic heterocycles. The lowest BCUT2D eigenvalue weighted by molar-refractivity contribution is -0.119. The predicted molar refractivity (Wildman–Crippen MR) is 142 cm³/mol. The van der Waals surface area contributed by atoms with Gasteiger partial charge in [0.15, 0.2) is 11.5 Å². The monoisotopic (exact) mass is 540 g/mol. The summed E-state index contributed by atoms with van der Waals surface area (Å²) in [6.45, 7) is 0.473. The Bertz CT molecular complexity index is 1660.